The highest BCUT2D eigenvalue weighted by Crippen LogP contribution is 2.21. The smallest absolute Gasteiger partial charge is 0.303 e. The number of aromatic nitrogens is 1. The van der Waals surface area contributed by atoms with Crippen molar-refractivity contribution in [3.8, 4) is 0 Å². The van der Waals surface area contributed by atoms with Crippen molar-refractivity contribution in [2.45, 2.75) is 12.8 Å². The van der Waals surface area contributed by atoms with Crippen molar-refractivity contribution in [3.05, 3.63) is 29.0 Å². The largest absolute Gasteiger partial charge is 0.481 e. The van der Waals surface area contributed by atoms with Crippen molar-refractivity contribution in [1.82, 2.24) is 9.88 Å². The Hall–Kier alpha value is -1.62. The molecule has 1 aromatic heterocycles. The van der Waals surface area contributed by atoms with Gasteiger partial charge in [0.25, 0.3) is 5.91 Å². The molecule has 1 unspecified atom stereocenters. The lowest BCUT2D eigenvalue weighted by atomic mass is 10.1. The summed E-state index contributed by atoms with van der Waals surface area (Å²) in [6, 6.07) is 3.20. The van der Waals surface area contributed by atoms with Gasteiger partial charge in [0.15, 0.2) is 0 Å². The fraction of sp³-hybridized carbons (Fsp3) is 0.417. The number of carbonyl (C=O) groups excluding carboxylic acids is 1. The SMILES string of the molecule is O=C(O)CC1CCN(C(=O)c2ccc(Cl)nc2)C1. The minimum absolute atomic E-state index is 0.0479. The molecular formula is C12H13ClN2O3. The standard InChI is InChI=1S/C12H13ClN2O3/c13-10-2-1-9(6-14-10)12(18)15-4-3-8(7-15)5-11(16)17/h1-2,6,8H,3-5,7H2,(H,16,17). The van der Waals surface area contributed by atoms with Crippen LogP contribution in [0.2, 0.25) is 5.15 Å². The summed E-state index contributed by atoms with van der Waals surface area (Å²) in [5.41, 5.74) is 0.482. The third kappa shape index (κ3) is 2.98. The van der Waals surface area contributed by atoms with Crippen LogP contribution in [0, 0.1) is 5.92 Å². The summed E-state index contributed by atoms with van der Waals surface area (Å²) in [5.74, 6) is -0.888. The molecule has 1 aliphatic rings. The molecule has 0 aromatic carbocycles. The van der Waals surface area contributed by atoms with Crippen molar-refractivity contribution in [1.29, 1.82) is 0 Å². The second-order valence-electron chi connectivity index (χ2n) is 4.37. The number of pyridine rings is 1. The number of halogens is 1. The summed E-state index contributed by atoms with van der Waals surface area (Å²) in [4.78, 5) is 28.2. The molecule has 0 spiro atoms. The summed E-state index contributed by atoms with van der Waals surface area (Å²) in [7, 11) is 0. The van der Waals surface area contributed by atoms with Gasteiger partial charge < -0.3 is 10.0 Å². The first-order valence-electron chi connectivity index (χ1n) is 5.69. The van der Waals surface area contributed by atoms with Crippen LogP contribution in [0.5, 0.6) is 0 Å². The highest BCUT2D eigenvalue weighted by atomic mass is 35.5. The van der Waals surface area contributed by atoms with Crippen molar-refractivity contribution in [3.63, 3.8) is 0 Å². The highest BCUT2D eigenvalue weighted by molar-refractivity contribution is 6.29. The van der Waals surface area contributed by atoms with E-state index in [9.17, 15) is 9.59 Å². The summed E-state index contributed by atoms with van der Waals surface area (Å²) in [5, 5.41) is 9.06. The van der Waals surface area contributed by atoms with Gasteiger partial charge >= 0.3 is 5.97 Å². The van der Waals surface area contributed by atoms with Gasteiger partial charge in [-0.1, -0.05) is 11.6 Å². The molecular weight excluding hydrogens is 256 g/mol. The Morgan fingerprint density at radius 1 is 1.50 bits per heavy atom. The van der Waals surface area contributed by atoms with Gasteiger partial charge in [0.05, 0.1) is 5.56 Å². The van der Waals surface area contributed by atoms with Gasteiger partial charge in [0.2, 0.25) is 0 Å². The van der Waals surface area contributed by atoms with E-state index >= 15 is 0 Å². The fourth-order valence-corrected chi connectivity index (χ4v) is 2.23. The number of amides is 1. The molecule has 96 valence electrons. The van der Waals surface area contributed by atoms with E-state index in [1.807, 2.05) is 0 Å². The Labute approximate surface area is 109 Å². The summed E-state index contributed by atoms with van der Waals surface area (Å²) < 4.78 is 0. The third-order valence-electron chi connectivity index (χ3n) is 3.01. The normalized spacial score (nSPS) is 18.9. The zero-order chi connectivity index (χ0) is 13.1. The lowest BCUT2D eigenvalue weighted by Crippen LogP contribution is -2.29. The Bertz CT molecular complexity index is 461. The van der Waals surface area contributed by atoms with E-state index in [1.165, 1.54) is 6.20 Å². The predicted molar refractivity (Wildman–Crippen MR) is 65.5 cm³/mol. The van der Waals surface area contributed by atoms with E-state index in [1.54, 1.807) is 17.0 Å². The molecule has 1 N–H and O–H groups in total. The predicted octanol–water partition coefficient (Wildman–Crippen LogP) is 1.67. The number of rotatable bonds is 3. The lowest BCUT2D eigenvalue weighted by Gasteiger charge is -2.15. The zero-order valence-electron chi connectivity index (χ0n) is 9.67. The molecule has 0 bridgehead atoms. The molecule has 0 saturated carbocycles. The maximum absolute atomic E-state index is 12.1. The molecule has 1 saturated heterocycles. The Morgan fingerprint density at radius 2 is 2.28 bits per heavy atom. The number of nitrogens with zero attached hydrogens (tertiary/aromatic N) is 2. The molecule has 2 heterocycles. The van der Waals surface area contributed by atoms with Crippen LogP contribution in [0.3, 0.4) is 0 Å². The van der Waals surface area contributed by atoms with Crippen molar-refractivity contribution in [2.24, 2.45) is 5.92 Å². The molecule has 18 heavy (non-hydrogen) atoms. The van der Waals surface area contributed by atoms with E-state index < -0.39 is 5.97 Å². The monoisotopic (exact) mass is 268 g/mol. The fourth-order valence-electron chi connectivity index (χ4n) is 2.12. The molecule has 1 aliphatic heterocycles. The maximum Gasteiger partial charge on any atom is 0.303 e. The first kappa shape index (κ1) is 12.8. The summed E-state index contributed by atoms with van der Waals surface area (Å²) in [6.07, 6.45) is 2.29. The lowest BCUT2D eigenvalue weighted by molar-refractivity contribution is -0.138. The number of likely N-dealkylation sites (tertiary alicyclic amines) is 1. The quantitative estimate of drug-likeness (QED) is 0.847. The molecule has 5 nitrogen and oxygen atoms in total. The first-order valence-corrected chi connectivity index (χ1v) is 6.06. The van der Waals surface area contributed by atoms with Crippen molar-refractivity contribution in [2.75, 3.05) is 13.1 Å². The maximum atomic E-state index is 12.1. The van der Waals surface area contributed by atoms with E-state index in [4.69, 9.17) is 16.7 Å². The zero-order valence-corrected chi connectivity index (χ0v) is 10.4. The van der Waals surface area contributed by atoms with Crippen LogP contribution in [-0.2, 0) is 4.79 Å². The van der Waals surface area contributed by atoms with Crippen molar-refractivity contribution < 1.29 is 14.7 Å². The van der Waals surface area contributed by atoms with Gasteiger partial charge in [-0.2, -0.15) is 0 Å². The van der Waals surface area contributed by atoms with Crippen LogP contribution >= 0.6 is 11.6 Å². The van der Waals surface area contributed by atoms with E-state index in [0.717, 1.165) is 6.42 Å². The Balaban J connectivity index is 1.99. The molecule has 1 amide bonds. The molecule has 6 heteroatoms. The van der Waals surface area contributed by atoms with Crippen LogP contribution in [0.15, 0.2) is 18.3 Å². The molecule has 1 fully saturated rings. The van der Waals surface area contributed by atoms with Crippen LogP contribution in [0.1, 0.15) is 23.2 Å². The second-order valence-corrected chi connectivity index (χ2v) is 4.76. The number of aliphatic carboxylic acids is 1. The van der Waals surface area contributed by atoms with Crippen LogP contribution < -0.4 is 0 Å². The number of carbonyl (C=O) groups is 2. The number of hydrogen-bond donors (Lipinski definition) is 1. The van der Waals surface area contributed by atoms with Gasteiger partial charge in [-0.15, -0.1) is 0 Å². The molecule has 0 radical (unpaired) electrons. The van der Waals surface area contributed by atoms with Gasteiger partial charge in [0.1, 0.15) is 5.15 Å². The van der Waals surface area contributed by atoms with Gasteiger partial charge in [-0.05, 0) is 24.5 Å². The summed E-state index contributed by atoms with van der Waals surface area (Å²) in [6.45, 7) is 1.09. The average Bonchev–Trinajstić information content (AvgIpc) is 2.76. The highest BCUT2D eigenvalue weighted by Gasteiger charge is 2.28. The Morgan fingerprint density at radius 3 is 2.89 bits per heavy atom. The van der Waals surface area contributed by atoms with E-state index in [-0.39, 0.29) is 18.2 Å². The van der Waals surface area contributed by atoms with Crippen LogP contribution in [0.4, 0.5) is 0 Å². The first-order chi connectivity index (χ1) is 8.56. The van der Waals surface area contributed by atoms with E-state index in [2.05, 4.69) is 4.98 Å². The average molecular weight is 269 g/mol. The van der Waals surface area contributed by atoms with Crippen LogP contribution in [-0.4, -0.2) is 40.0 Å². The topological polar surface area (TPSA) is 70.5 Å². The van der Waals surface area contributed by atoms with Crippen LogP contribution in [0.25, 0.3) is 0 Å². The second kappa shape index (κ2) is 5.35. The van der Waals surface area contributed by atoms with Crippen molar-refractivity contribution >= 4 is 23.5 Å². The molecule has 0 aliphatic carbocycles. The molecule has 1 aromatic rings. The van der Waals surface area contributed by atoms with Gasteiger partial charge in [-0.25, -0.2) is 4.98 Å². The number of hydrogen-bond acceptors (Lipinski definition) is 3. The molecule has 1 atom stereocenters. The number of carboxylic acids is 1. The summed E-state index contributed by atoms with van der Waals surface area (Å²) >= 11 is 5.66. The minimum atomic E-state index is -0.817. The number of carboxylic acid groups (broad SMARTS) is 1. The third-order valence-corrected chi connectivity index (χ3v) is 3.23. The minimum Gasteiger partial charge on any atom is -0.481 e. The van der Waals surface area contributed by atoms with Gasteiger partial charge in [0, 0.05) is 25.7 Å². The molecule has 2 rings (SSSR count). The Kier molecular flexibility index (Phi) is 3.81. The van der Waals surface area contributed by atoms with Gasteiger partial charge in [-0.3, -0.25) is 9.59 Å². The van der Waals surface area contributed by atoms with E-state index in [0.29, 0.717) is 23.8 Å².